The van der Waals surface area contributed by atoms with Gasteiger partial charge in [-0.2, -0.15) is 0 Å². The van der Waals surface area contributed by atoms with Crippen molar-refractivity contribution in [2.24, 2.45) is 0 Å². The van der Waals surface area contributed by atoms with Crippen molar-refractivity contribution in [2.75, 3.05) is 27.3 Å². The van der Waals surface area contributed by atoms with E-state index in [1.807, 2.05) is 47.4 Å². The minimum absolute atomic E-state index is 0.00400. The summed E-state index contributed by atoms with van der Waals surface area (Å²) in [4.78, 5) is 22.8. The lowest BCUT2D eigenvalue weighted by Crippen LogP contribution is -2.38. The lowest BCUT2D eigenvalue weighted by atomic mass is 9.97. The molecule has 1 aromatic heterocycles. The third kappa shape index (κ3) is 4.11. The lowest BCUT2D eigenvalue weighted by molar-refractivity contribution is -0.127. The van der Waals surface area contributed by atoms with E-state index in [4.69, 9.17) is 14.5 Å². The highest BCUT2D eigenvalue weighted by molar-refractivity contribution is 5.92. The zero-order chi connectivity index (χ0) is 20.2. The molecule has 0 aliphatic carbocycles. The van der Waals surface area contributed by atoms with Gasteiger partial charge in [-0.05, 0) is 49.2 Å². The summed E-state index contributed by atoms with van der Waals surface area (Å²) in [5.74, 6) is 2.60. The monoisotopic (exact) mass is 391 g/mol. The van der Waals surface area contributed by atoms with Gasteiger partial charge in [0.15, 0.2) is 0 Å². The molecule has 0 bridgehead atoms. The summed E-state index contributed by atoms with van der Waals surface area (Å²) in [6, 6.07) is 13.5. The van der Waals surface area contributed by atoms with Crippen LogP contribution in [0.15, 0.2) is 48.5 Å². The van der Waals surface area contributed by atoms with Crippen LogP contribution in [0.4, 0.5) is 0 Å². The highest BCUT2D eigenvalue weighted by Crippen LogP contribution is 2.28. The van der Waals surface area contributed by atoms with Crippen molar-refractivity contribution in [3.05, 3.63) is 59.9 Å². The molecule has 1 saturated heterocycles. The van der Waals surface area contributed by atoms with Crippen LogP contribution in [0.1, 0.15) is 30.1 Å². The number of likely N-dealkylation sites (tertiary alicyclic amines) is 1. The van der Waals surface area contributed by atoms with Crippen molar-refractivity contribution in [1.29, 1.82) is 0 Å². The Bertz CT molecular complexity index is 1010. The Morgan fingerprint density at radius 1 is 1.21 bits per heavy atom. The van der Waals surface area contributed by atoms with Gasteiger partial charge in [-0.1, -0.05) is 12.1 Å². The van der Waals surface area contributed by atoms with E-state index in [9.17, 15) is 4.79 Å². The zero-order valence-electron chi connectivity index (χ0n) is 16.7. The first-order valence-corrected chi connectivity index (χ1v) is 9.81. The van der Waals surface area contributed by atoms with E-state index in [-0.39, 0.29) is 11.8 Å². The number of hydrogen-bond donors (Lipinski definition) is 1. The van der Waals surface area contributed by atoms with Gasteiger partial charge in [0.2, 0.25) is 5.91 Å². The van der Waals surface area contributed by atoms with Crippen LogP contribution >= 0.6 is 0 Å². The SMILES string of the molecule is COc1ccc(OC)c(/C=C/C(=O)N2CCCC(c3nc4ccccc4[nH]3)C2)c1. The molecular formula is C23H25N3O3. The van der Waals surface area contributed by atoms with Crippen molar-refractivity contribution in [1.82, 2.24) is 14.9 Å². The molecule has 0 saturated carbocycles. The molecule has 150 valence electrons. The van der Waals surface area contributed by atoms with Gasteiger partial charge in [-0.25, -0.2) is 4.98 Å². The van der Waals surface area contributed by atoms with Gasteiger partial charge in [-0.15, -0.1) is 0 Å². The van der Waals surface area contributed by atoms with Crippen LogP contribution in [-0.2, 0) is 4.79 Å². The van der Waals surface area contributed by atoms with Crippen LogP contribution < -0.4 is 9.47 Å². The predicted molar refractivity (Wildman–Crippen MR) is 113 cm³/mol. The number of nitrogens with one attached hydrogen (secondary N) is 1. The lowest BCUT2D eigenvalue weighted by Gasteiger charge is -2.31. The second-order valence-electron chi connectivity index (χ2n) is 7.20. The number of ether oxygens (including phenoxy) is 2. The number of methoxy groups -OCH3 is 2. The van der Waals surface area contributed by atoms with Crippen LogP contribution in [0.3, 0.4) is 0 Å². The average molecular weight is 391 g/mol. The fourth-order valence-corrected chi connectivity index (χ4v) is 3.80. The Balaban J connectivity index is 1.48. The molecule has 6 nitrogen and oxygen atoms in total. The van der Waals surface area contributed by atoms with Crippen molar-refractivity contribution < 1.29 is 14.3 Å². The molecule has 1 aliphatic heterocycles. The van der Waals surface area contributed by atoms with Gasteiger partial charge in [0.05, 0.1) is 25.3 Å². The number of amides is 1. The minimum Gasteiger partial charge on any atom is -0.497 e. The second-order valence-corrected chi connectivity index (χ2v) is 7.20. The number of hydrogen-bond acceptors (Lipinski definition) is 4. The van der Waals surface area contributed by atoms with E-state index in [0.29, 0.717) is 12.3 Å². The van der Waals surface area contributed by atoms with E-state index in [1.165, 1.54) is 0 Å². The largest absolute Gasteiger partial charge is 0.497 e. The standard InChI is InChI=1S/C23H25N3O3/c1-28-18-10-11-21(29-2)16(14-18)9-12-22(27)26-13-5-6-17(15-26)23-24-19-7-3-4-8-20(19)25-23/h3-4,7-12,14,17H,5-6,13,15H2,1-2H3,(H,24,25)/b12-9+. The third-order valence-electron chi connectivity index (χ3n) is 5.37. The Kier molecular flexibility index (Phi) is 5.51. The zero-order valence-corrected chi connectivity index (χ0v) is 16.7. The van der Waals surface area contributed by atoms with Crippen LogP contribution in [-0.4, -0.2) is 48.1 Å². The third-order valence-corrected chi connectivity index (χ3v) is 5.37. The van der Waals surface area contributed by atoms with Crippen molar-refractivity contribution in [3.8, 4) is 11.5 Å². The van der Waals surface area contributed by atoms with Crippen molar-refractivity contribution in [2.45, 2.75) is 18.8 Å². The molecule has 29 heavy (non-hydrogen) atoms. The van der Waals surface area contributed by atoms with Gasteiger partial charge in [0.25, 0.3) is 0 Å². The van der Waals surface area contributed by atoms with E-state index in [0.717, 1.165) is 47.6 Å². The average Bonchev–Trinajstić information content (AvgIpc) is 3.21. The molecule has 1 fully saturated rings. The molecule has 1 atom stereocenters. The minimum atomic E-state index is -0.00400. The number of para-hydroxylation sites is 2. The second kappa shape index (κ2) is 8.39. The number of rotatable bonds is 5. The topological polar surface area (TPSA) is 67.5 Å². The number of carbonyl (C=O) groups is 1. The molecule has 2 aromatic carbocycles. The van der Waals surface area contributed by atoms with Gasteiger partial charge in [0.1, 0.15) is 17.3 Å². The Morgan fingerprint density at radius 3 is 2.86 bits per heavy atom. The number of benzene rings is 2. The molecule has 3 aromatic rings. The van der Waals surface area contributed by atoms with Crippen molar-refractivity contribution in [3.63, 3.8) is 0 Å². The normalized spacial score (nSPS) is 17.0. The molecule has 1 N–H and O–H groups in total. The molecule has 2 heterocycles. The van der Waals surface area contributed by atoms with E-state index in [2.05, 4.69) is 4.98 Å². The molecular weight excluding hydrogens is 366 g/mol. The molecule has 4 rings (SSSR count). The molecule has 1 aliphatic rings. The summed E-state index contributed by atoms with van der Waals surface area (Å²) in [6.45, 7) is 1.42. The molecule has 1 amide bonds. The Labute approximate surface area is 170 Å². The maximum atomic E-state index is 12.8. The molecule has 6 heteroatoms. The number of nitrogens with zero attached hydrogens (tertiary/aromatic N) is 2. The quantitative estimate of drug-likeness (QED) is 0.668. The molecule has 1 unspecified atom stereocenters. The van der Waals surface area contributed by atoms with Gasteiger partial charge >= 0.3 is 0 Å². The maximum Gasteiger partial charge on any atom is 0.246 e. The highest BCUT2D eigenvalue weighted by atomic mass is 16.5. The summed E-state index contributed by atoms with van der Waals surface area (Å²) < 4.78 is 10.7. The van der Waals surface area contributed by atoms with Crippen LogP contribution in [0, 0.1) is 0 Å². The first-order valence-electron chi connectivity index (χ1n) is 9.81. The van der Waals surface area contributed by atoms with E-state index in [1.54, 1.807) is 26.4 Å². The van der Waals surface area contributed by atoms with Crippen molar-refractivity contribution >= 4 is 23.0 Å². The van der Waals surface area contributed by atoms with Gasteiger partial charge < -0.3 is 19.4 Å². The summed E-state index contributed by atoms with van der Waals surface area (Å²) in [7, 11) is 3.23. The first kappa shape index (κ1) is 19.1. The smallest absolute Gasteiger partial charge is 0.246 e. The fraction of sp³-hybridized carbons (Fsp3) is 0.304. The number of fused-ring (bicyclic) bond motifs is 1. The van der Waals surface area contributed by atoms with Crippen LogP contribution in [0.5, 0.6) is 11.5 Å². The molecule has 0 spiro atoms. The van der Waals surface area contributed by atoms with E-state index < -0.39 is 0 Å². The van der Waals surface area contributed by atoms with Gasteiger partial charge in [-0.3, -0.25) is 4.79 Å². The summed E-state index contributed by atoms with van der Waals surface area (Å²) in [5.41, 5.74) is 2.82. The van der Waals surface area contributed by atoms with Crippen LogP contribution in [0.2, 0.25) is 0 Å². The predicted octanol–water partition coefficient (Wildman–Crippen LogP) is 4.00. The summed E-state index contributed by atoms with van der Waals surface area (Å²) in [5, 5.41) is 0. The number of imidazole rings is 1. The van der Waals surface area contributed by atoms with Crippen LogP contribution in [0.25, 0.3) is 17.1 Å². The number of aromatic amines is 1. The number of carbonyl (C=O) groups excluding carboxylic acids is 1. The maximum absolute atomic E-state index is 12.8. The van der Waals surface area contributed by atoms with E-state index >= 15 is 0 Å². The Morgan fingerprint density at radius 2 is 2.07 bits per heavy atom. The molecule has 0 radical (unpaired) electrons. The number of piperidine rings is 1. The fourth-order valence-electron chi connectivity index (χ4n) is 3.80. The number of aromatic nitrogens is 2. The summed E-state index contributed by atoms with van der Waals surface area (Å²) >= 11 is 0. The first-order chi connectivity index (χ1) is 14.2. The van der Waals surface area contributed by atoms with Gasteiger partial charge in [0, 0.05) is 30.6 Å². The highest BCUT2D eigenvalue weighted by Gasteiger charge is 2.25. The summed E-state index contributed by atoms with van der Waals surface area (Å²) in [6.07, 6.45) is 5.38. The Hall–Kier alpha value is -3.28. The number of H-pyrrole nitrogens is 1.